The van der Waals surface area contributed by atoms with Crippen LogP contribution in [-0.4, -0.2) is 50.1 Å². The molecule has 2 aliphatic rings. The zero-order chi connectivity index (χ0) is 17.8. The highest BCUT2D eigenvalue weighted by Crippen LogP contribution is 2.28. The molecule has 1 saturated heterocycles. The van der Waals surface area contributed by atoms with E-state index >= 15 is 0 Å². The summed E-state index contributed by atoms with van der Waals surface area (Å²) in [5.41, 5.74) is 6.93. The van der Waals surface area contributed by atoms with E-state index in [1.165, 1.54) is 0 Å². The van der Waals surface area contributed by atoms with Crippen molar-refractivity contribution in [2.75, 3.05) is 36.5 Å². The van der Waals surface area contributed by atoms with Crippen LogP contribution in [0.3, 0.4) is 0 Å². The van der Waals surface area contributed by atoms with Gasteiger partial charge in [-0.25, -0.2) is 0 Å². The molecule has 1 aromatic carbocycles. The van der Waals surface area contributed by atoms with Gasteiger partial charge in [0.05, 0.1) is 6.61 Å². The molecule has 3 amide bonds. The quantitative estimate of drug-likeness (QED) is 0.662. The average molecular weight is 346 g/mol. The van der Waals surface area contributed by atoms with Crippen molar-refractivity contribution in [1.29, 1.82) is 0 Å². The van der Waals surface area contributed by atoms with Gasteiger partial charge in [-0.2, -0.15) is 0 Å². The minimum absolute atomic E-state index is 0.0205. The van der Waals surface area contributed by atoms with Crippen molar-refractivity contribution in [3.8, 4) is 0 Å². The minimum atomic E-state index is -0.756. The summed E-state index contributed by atoms with van der Waals surface area (Å²) in [5.74, 6) is -0.542. The number of nitrogens with zero attached hydrogens (tertiary/aromatic N) is 1. The number of hydrogen-bond donors (Lipinski definition) is 3. The maximum atomic E-state index is 12.3. The maximum absolute atomic E-state index is 12.3. The largest absolute Gasteiger partial charge is 0.370 e. The zero-order valence-electron chi connectivity index (χ0n) is 13.9. The van der Waals surface area contributed by atoms with Crippen molar-refractivity contribution in [1.82, 2.24) is 5.32 Å². The Balaban J connectivity index is 1.58. The van der Waals surface area contributed by atoms with Crippen LogP contribution >= 0.6 is 0 Å². The van der Waals surface area contributed by atoms with E-state index in [4.69, 9.17) is 10.5 Å². The number of nitrogens with two attached hydrogens (primary N) is 1. The molecule has 1 aliphatic heterocycles. The van der Waals surface area contributed by atoms with E-state index in [0.717, 1.165) is 18.5 Å². The molecule has 8 heteroatoms. The predicted octanol–water partition coefficient (Wildman–Crippen LogP) is -0.158. The fraction of sp³-hybridized carbons (Fsp3) is 0.471. The van der Waals surface area contributed by atoms with E-state index in [1.54, 1.807) is 29.2 Å². The predicted molar refractivity (Wildman–Crippen MR) is 92.0 cm³/mol. The van der Waals surface area contributed by atoms with Crippen LogP contribution < -0.4 is 21.3 Å². The van der Waals surface area contributed by atoms with E-state index in [2.05, 4.69) is 10.6 Å². The van der Waals surface area contributed by atoms with E-state index in [0.29, 0.717) is 18.8 Å². The second-order valence-electron chi connectivity index (χ2n) is 6.21. The Labute approximate surface area is 145 Å². The highest BCUT2D eigenvalue weighted by molar-refractivity contribution is 5.98. The molecule has 0 bridgehead atoms. The molecular formula is C17H22N4O4. The molecule has 134 valence electrons. The molecule has 0 spiro atoms. The van der Waals surface area contributed by atoms with Gasteiger partial charge in [-0.1, -0.05) is 0 Å². The molecular weight excluding hydrogens is 324 g/mol. The zero-order valence-corrected chi connectivity index (χ0v) is 13.9. The second kappa shape index (κ2) is 7.62. The van der Waals surface area contributed by atoms with Gasteiger partial charge in [0, 0.05) is 30.4 Å². The summed E-state index contributed by atoms with van der Waals surface area (Å²) < 4.78 is 5.11. The lowest BCUT2D eigenvalue weighted by Gasteiger charge is -2.27. The number of hydrogen-bond acceptors (Lipinski definition) is 5. The van der Waals surface area contributed by atoms with Crippen LogP contribution in [0.15, 0.2) is 24.3 Å². The molecule has 2 fully saturated rings. The first-order valence-electron chi connectivity index (χ1n) is 8.38. The number of carbonyl (C=O) groups excluding carboxylic acids is 3. The van der Waals surface area contributed by atoms with Gasteiger partial charge >= 0.3 is 0 Å². The third-order valence-corrected chi connectivity index (χ3v) is 4.25. The molecule has 1 atom stereocenters. The van der Waals surface area contributed by atoms with Gasteiger partial charge in [0.1, 0.15) is 12.6 Å². The number of amides is 3. The van der Waals surface area contributed by atoms with Crippen LogP contribution in [0.4, 0.5) is 11.4 Å². The topological polar surface area (TPSA) is 114 Å². The van der Waals surface area contributed by atoms with Crippen LogP contribution in [0, 0.1) is 5.92 Å². The molecule has 1 aliphatic carbocycles. The van der Waals surface area contributed by atoms with Gasteiger partial charge in [-0.3, -0.25) is 14.4 Å². The van der Waals surface area contributed by atoms with Crippen molar-refractivity contribution in [2.24, 2.45) is 11.7 Å². The van der Waals surface area contributed by atoms with Crippen molar-refractivity contribution in [3.05, 3.63) is 24.3 Å². The Morgan fingerprint density at radius 3 is 2.60 bits per heavy atom. The lowest BCUT2D eigenvalue weighted by atomic mass is 10.2. The van der Waals surface area contributed by atoms with Crippen LogP contribution in [0.1, 0.15) is 12.8 Å². The monoisotopic (exact) mass is 346 g/mol. The summed E-state index contributed by atoms with van der Waals surface area (Å²) >= 11 is 0. The summed E-state index contributed by atoms with van der Waals surface area (Å²) in [4.78, 5) is 37.5. The number of ether oxygens (including phenoxy) is 1. The number of nitrogens with one attached hydrogen (secondary N) is 2. The Kier molecular flexibility index (Phi) is 5.30. The molecule has 1 heterocycles. The SMILES string of the molecule is NC[C@H](NC(=O)C1CC1)C(=O)Nc1ccc(N2CCOCC2=O)cc1. The normalized spacial score (nSPS) is 18.6. The first-order chi connectivity index (χ1) is 12.1. The first-order valence-corrected chi connectivity index (χ1v) is 8.38. The fourth-order valence-electron chi connectivity index (χ4n) is 2.61. The first kappa shape index (κ1) is 17.4. The Hall–Kier alpha value is -2.45. The molecule has 25 heavy (non-hydrogen) atoms. The molecule has 8 nitrogen and oxygen atoms in total. The summed E-state index contributed by atoms with van der Waals surface area (Å²) in [6.45, 7) is 1.12. The molecule has 3 rings (SSSR count). The molecule has 4 N–H and O–H groups in total. The smallest absolute Gasteiger partial charge is 0.253 e. The standard InChI is InChI=1S/C17H22N4O4/c18-9-14(20-16(23)11-1-2-11)17(24)19-12-3-5-13(6-4-12)21-7-8-25-10-15(21)22/h3-6,11,14H,1-2,7-10,18H2,(H,19,24)(H,20,23)/t14-/m0/s1. The van der Waals surface area contributed by atoms with Crippen LogP contribution in [0.5, 0.6) is 0 Å². The number of morpholine rings is 1. The van der Waals surface area contributed by atoms with Crippen molar-refractivity contribution in [3.63, 3.8) is 0 Å². The summed E-state index contributed by atoms with van der Waals surface area (Å²) in [5, 5.41) is 5.41. The van der Waals surface area contributed by atoms with Gasteiger partial charge in [-0.15, -0.1) is 0 Å². The Morgan fingerprint density at radius 1 is 1.28 bits per heavy atom. The average Bonchev–Trinajstić information content (AvgIpc) is 3.46. The minimum Gasteiger partial charge on any atom is -0.370 e. The van der Waals surface area contributed by atoms with Crippen molar-refractivity contribution in [2.45, 2.75) is 18.9 Å². The van der Waals surface area contributed by atoms with E-state index in [-0.39, 0.29) is 36.8 Å². The molecule has 0 unspecified atom stereocenters. The Bertz CT molecular complexity index is 657. The lowest BCUT2D eigenvalue weighted by molar-refractivity contribution is -0.127. The maximum Gasteiger partial charge on any atom is 0.253 e. The number of rotatable bonds is 6. The fourth-order valence-corrected chi connectivity index (χ4v) is 2.61. The molecule has 0 aromatic heterocycles. The number of carbonyl (C=O) groups is 3. The second-order valence-corrected chi connectivity index (χ2v) is 6.21. The third kappa shape index (κ3) is 4.34. The summed E-state index contributed by atoms with van der Waals surface area (Å²) in [6, 6.07) is 6.20. The van der Waals surface area contributed by atoms with Gasteiger partial charge in [0.15, 0.2) is 0 Å². The van der Waals surface area contributed by atoms with Gasteiger partial charge < -0.3 is 26.0 Å². The lowest BCUT2D eigenvalue weighted by Crippen LogP contribution is -2.48. The Morgan fingerprint density at radius 2 is 2.00 bits per heavy atom. The third-order valence-electron chi connectivity index (χ3n) is 4.25. The summed E-state index contributed by atoms with van der Waals surface area (Å²) in [6.07, 6.45) is 1.74. The van der Waals surface area contributed by atoms with Crippen molar-refractivity contribution < 1.29 is 19.1 Å². The van der Waals surface area contributed by atoms with Gasteiger partial charge in [0.2, 0.25) is 11.8 Å². The highest BCUT2D eigenvalue weighted by Gasteiger charge is 2.32. The van der Waals surface area contributed by atoms with Crippen molar-refractivity contribution >= 4 is 29.1 Å². The molecule has 1 saturated carbocycles. The number of anilines is 2. The van der Waals surface area contributed by atoms with Crippen LogP contribution in [-0.2, 0) is 19.1 Å². The van der Waals surface area contributed by atoms with E-state index in [9.17, 15) is 14.4 Å². The summed E-state index contributed by atoms with van der Waals surface area (Å²) in [7, 11) is 0. The van der Waals surface area contributed by atoms with E-state index < -0.39 is 6.04 Å². The van der Waals surface area contributed by atoms with Crippen LogP contribution in [0.2, 0.25) is 0 Å². The van der Waals surface area contributed by atoms with E-state index in [1.807, 2.05) is 0 Å². The van der Waals surface area contributed by atoms with Gasteiger partial charge in [-0.05, 0) is 37.1 Å². The van der Waals surface area contributed by atoms with Crippen LogP contribution in [0.25, 0.3) is 0 Å². The molecule has 0 radical (unpaired) electrons. The molecule has 1 aromatic rings. The van der Waals surface area contributed by atoms with Gasteiger partial charge in [0.25, 0.3) is 5.91 Å². The highest BCUT2D eigenvalue weighted by atomic mass is 16.5. The number of benzene rings is 1.